The monoisotopic (exact) mass is 391 g/mol. The van der Waals surface area contributed by atoms with Gasteiger partial charge in [-0.3, -0.25) is 14.5 Å². The van der Waals surface area contributed by atoms with E-state index in [0.717, 1.165) is 19.3 Å². The minimum atomic E-state index is -0.590. The smallest absolute Gasteiger partial charge is 0.276 e. The van der Waals surface area contributed by atoms with Gasteiger partial charge in [0, 0.05) is 25.8 Å². The van der Waals surface area contributed by atoms with Gasteiger partial charge in [-0.15, -0.1) is 5.10 Å². The first kappa shape index (κ1) is 19.3. The number of likely N-dealkylation sites (tertiary alicyclic amines) is 1. The van der Waals surface area contributed by atoms with Gasteiger partial charge >= 0.3 is 0 Å². The van der Waals surface area contributed by atoms with E-state index in [0.29, 0.717) is 31.0 Å². The lowest BCUT2D eigenvalue weighted by Crippen LogP contribution is -2.40. The average molecular weight is 391 g/mol. The van der Waals surface area contributed by atoms with E-state index >= 15 is 0 Å². The highest BCUT2D eigenvalue weighted by Gasteiger charge is 2.30. The van der Waals surface area contributed by atoms with Gasteiger partial charge in [0.1, 0.15) is 0 Å². The zero-order chi connectivity index (χ0) is 20.1. The van der Waals surface area contributed by atoms with Crippen LogP contribution in [0.2, 0.25) is 0 Å². The number of carbonyl (C=O) groups is 1. The molecule has 1 fully saturated rings. The van der Waals surface area contributed by atoms with Crippen LogP contribution in [-0.4, -0.2) is 49.0 Å². The van der Waals surface area contributed by atoms with Gasteiger partial charge in [0.25, 0.3) is 5.91 Å². The lowest BCUT2D eigenvalue weighted by atomic mass is 9.89. The Morgan fingerprint density at radius 1 is 1.10 bits per heavy atom. The number of carbonyl (C=O) groups excluding carboxylic acids is 1. The molecule has 29 heavy (non-hydrogen) atoms. The molecule has 0 unspecified atom stereocenters. The first-order valence-corrected chi connectivity index (χ1v) is 10.0. The Morgan fingerprint density at radius 3 is 2.59 bits per heavy atom. The number of nitrogens with zero attached hydrogens (tertiary/aromatic N) is 5. The molecule has 1 aromatic carbocycles. The molecule has 0 spiro atoms. The summed E-state index contributed by atoms with van der Waals surface area (Å²) >= 11 is 0. The zero-order valence-corrected chi connectivity index (χ0v) is 16.3. The van der Waals surface area contributed by atoms with Crippen LogP contribution in [0.1, 0.15) is 40.7 Å². The van der Waals surface area contributed by atoms with Crippen LogP contribution < -0.4 is 0 Å². The average Bonchev–Trinajstić information content (AvgIpc) is 3.27. The number of aliphatic hydroxyl groups excluding tert-OH is 1. The molecule has 4 rings (SSSR count). The largest absolute Gasteiger partial charge is 0.387 e. The van der Waals surface area contributed by atoms with Crippen LogP contribution in [0.3, 0.4) is 0 Å². The molecule has 1 N–H and O–H groups in total. The quantitative estimate of drug-likeness (QED) is 0.698. The van der Waals surface area contributed by atoms with Crippen molar-refractivity contribution in [3.63, 3.8) is 0 Å². The van der Waals surface area contributed by atoms with E-state index in [4.69, 9.17) is 0 Å². The number of amides is 1. The highest BCUT2D eigenvalue weighted by molar-refractivity contribution is 5.91. The van der Waals surface area contributed by atoms with Crippen LogP contribution in [-0.2, 0) is 13.0 Å². The van der Waals surface area contributed by atoms with Crippen molar-refractivity contribution in [3.8, 4) is 0 Å². The maximum absolute atomic E-state index is 12.8. The number of hydrogen-bond acceptors (Lipinski definition) is 5. The molecule has 0 bridgehead atoms. The van der Waals surface area contributed by atoms with Crippen molar-refractivity contribution in [3.05, 3.63) is 77.9 Å². The molecule has 150 valence electrons. The Hall–Kier alpha value is -3.06. The summed E-state index contributed by atoms with van der Waals surface area (Å²) in [7, 11) is 0. The summed E-state index contributed by atoms with van der Waals surface area (Å²) in [6.07, 6.45) is 5.15. The van der Waals surface area contributed by atoms with E-state index in [1.807, 2.05) is 36.4 Å². The van der Waals surface area contributed by atoms with E-state index in [1.54, 1.807) is 22.0 Å². The maximum Gasteiger partial charge on any atom is 0.276 e. The second-order valence-electron chi connectivity index (χ2n) is 7.43. The van der Waals surface area contributed by atoms with E-state index in [9.17, 15) is 9.90 Å². The van der Waals surface area contributed by atoms with Crippen LogP contribution in [0, 0.1) is 5.92 Å². The van der Waals surface area contributed by atoms with E-state index < -0.39 is 6.10 Å². The zero-order valence-electron chi connectivity index (χ0n) is 16.3. The van der Waals surface area contributed by atoms with Gasteiger partial charge < -0.3 is 10.0 Å². The molecule has 7 nitrogen and oxygen atoms in total. The van der Waals surface area contributed by atoms with Crippen molar-refractivity contribution in [2.75, 3.05) is 13.1 Å². The third kappa shape index (κ3) is 4.68. The number of aliphatic hydroxyl groups is 1. The molecule has 2 aromatic heterocycles. The van der Waals surface area contributed by atoms with Crippen molar-refractivity contribution in [2.24, 2.45) is 5.92 Å². The Labute approximate surface area is 170 Å². The molecule has 1 amide bonds. The van der Waals surface area contributed by atoms with Crippen molar-refractivity contribution in [1.29, 1.82) is 0 Å². The number of aromatic nitrogens is 4. The SMILES string of the molecule is O=C(c1cn(CCc2ccccc2)nn1)N1CCC([C@@H](O)c2ccccn2)CC1. The fourth-order valence-electron chi connectivity index (χ4n) is 3.77. The van der Waals surface area contributed by atoms with Gasteiger partial charge in [-0.2, -0.15) is 0 Å². The third-order valence-electron chi connectivity index (χ3n) is 5.49. The Bertz CT molecular complexity index is 921. The van der Waals surface area contributed by atoms with Gasteiger partial charge in [-0.25, -0.2) is 0 Å². The van der Waals surface area contributed by atoms with E-state index in [1.165, 1.54) is 5.56 Å². The first-order valence-electron chi connectivity index (χ1n) is 10.0. The van der Waals surface area contributed by atoms with Gasteiger partial charge in [-0.05, 0) is 42.9 Å². The minimum Gasteiger partial charge on any atom is -0.387 e. The first-order chi connectivity index (χ1) is 14.2. The molecule has 0 radical (unpaired) electrons. The Balaban J connectivity index is 1.30. The topological polar surface area (TPSA) is 84.1 Å². The molecular weight excluding hydrogens is 366 g/mol. The molecule has 1 aliphatic heterocycles. The fraction of sp³-hybridized carbons (Fsp3) is 0.364. The van der Waals surface area contributed by atoms with Crippen LogP contribution in [0.4, 0.5) is 0 Å². The molecule has 0 aliphatic carbocycles. The third-order valence-corrected chi connectivity index (χ3v) is 5.49. The molecule has 1 atom stereocenters. The van der Waals surface area contributed by atoms with Crippen molar-refractivity contribution < 1.29 is 9.90 Å². The van der Waals surface area contributed by atoms with Crippen molar-refractivity contribution in [1.82, 2.24) is 24.9 Å². The van der Waals surface area contributed by atoms with Crippen molar-refractivity contribution in [2.45, 2.75) is 31.9 Å². The molecular formula is C22H25N5O2. The normalized spacial score (nSPS) is 16.0. The molecule has 7 heteroatoms. The number of benzene rings is 1. The highest BCUT2D eigenvalue weighted by atomic mass is 16.3. The fourth-order valence-corrected chi connectivity index (χ4v) is 3.77. The lowest BCUT2D eigenvalue weighted by Gasteiger charge is -2.33. The van der Waals surface area contributed by atoms with Crippen LogP contribution >= 0.6 is 0 Å². The van der Waals surface area contributed by atoms with Gasteiger partial charge in [0.15, 0.2) is 5.69 Å². The number of piperidine rings is 1. The summed E-state index contributed by atoms with van der Waals surface area (Å²) in [6.45, 7) is 1.89. The number of aryl methyl sites for hydroxylation is 2. The summed E-state index contributed by atoms with van der Waals surface area (Å²) in [6, 6.07) is 15.7. The van der Waals surface area contributed by atoms with Crippen LogP contribution in [0.25, 0.3) is 0 Å². The molecule has 0 saturated carbocycles. The number of pyridine rings is 1. The summed E-state index contributed by atoms with van der Waals surface area (Å²) in [4.78, 5) is 18.8. The van der Waals surface area contributed by atoms with Gasteiger partial charge in [-0.1, -0.05) is 41.6 Å². The predicted molar refractivity (Wildman–Crippen MR) is 108 cm³/mol. The van der Waals surface area contributed by atoms with Crippen molar-refractivity contribution >= 4 is 5.91 Å². The molecule has 1 saturated heterocycles. The van der Waals surface area contributed by atoms with Gasteiger partial charge in [0.2, 0.25) is 0 Å². The summed E-state index contributed by atoms with van der Waals surface area (Å²) in [5, 5.41) is 18.7. The van der Waals surface area contributed by atoms with E-state index in [2.05, 4.69) is 27.4 Å². The Morgan fingerprint density at radius 2 is 1.86 bits per heavy atom. The summed E-state index contributed by atoms with van der Waals surface area (Å²) < 4.78 is 1.72. The molecule has 1 aliphatic rings. The number of rotatable bonds is 6. The molecule has 3 heterocycles. The van der Waals surface area contributed by atoms with E-state index in [-0.39, 0.29) is 11.8 Å². The predicted octanol–water partition coefficient (Wildman–Crippen LogP) is 2.50. The Kier molecular flexibility index (Phi) is 5.95. The maximum atomic E-state index is 12.8. The standard InChI is InChI=1S/C22H25N5O2/c28-21(19-8-4-5-12-23-19)18-10-13-26(14-11-18)22(29)20-16-27(25-24-20)15-9-17-6-2-1-3-7-17/h1-8,12,16,18,21,28H,9-11,13-15H2/t21-/m1/s1. The van der Waals surface area contributed by atoms with Crippen LogP contribution in [0.15, 0.2) is 60.9 Å². The minimum absolute atomic E-state index is 0.0956. The second kappa shape index (κ2) is 8.96. The van der Waals surface area contributed by atoms with Crippen LogP contribution in [0.5, 0.6) is 0 Å². The lowest BCUT2D eigenvalue weighted by molar-refractivity contribution is 0.0444. The van der Waals surface area contributed by atoms with Gasteiger partial charge in [0.05, 0.1) is 18.0 Å². The number of hydrogen-bond donors (Lipinski definition) is 1. The second-order valence-corrected chi connectivity index (χ2v) is 7.43. The molecule has 3 aromatic rings. The highest BCUT2D eigenvalue weighted by Crippen LogP contribution is 2.30. The summed E-state index contributed by atoms with van der Waals surface area (Å²) in [5.41, 5.74) is 2.30. The summed E-state index contributed by atoms with van der Waals surface area (Å²) in [5.74, 6) is 0.0113.